The van der Waals surface area contributed by atoms with Crippen molar-refractivity contribution >= 4 is 5.65 Å². The first kappa shape index (κ1) is 13.6. The highest BCUT2D eigenvalue weighted by Crippen LogP contribution is 2.20. The molecule has 0 aliphatic rings. The molecule has 21 heavy (non-hydrogen) atoms. The average molecular weight is 282 g/mol. The zero-order chi connectivity index (χ0) is 14.7. The van der Waals surface area contributed by atoms with Crippen LogP contribution in [0.5, 0.6) is 5.75 Å². The first-order valence-electron chi connectivity index (χ1n) is 7.09. The summed E-state index contributed by atoms with van der Waals surface area (Å²) in [4.78, 5) is 4.48. The highest BCUT2D eigenvalue weighted by Gasteiger charge is 2.05. The van der Waals surface area contributed by atoms with Gasteiger partial charge in [-0.05, 0) is 36.2 Å². The number of ether oxygens (including phenoxy) is 1. The summed E-state index contributed by atoms with van der Waals surface area (Å²) in [6.45, 7) is 2.38. The summed E-state index contributed by atoms with van der Waals surface area (Å²) < 4.78 is 7.70. The lowest BCUT2D eigenvalue weighted by molar-refractivity contribution is 0.173. The molecule has 0 fully saturated rings. The Labute approximate surface area is 123 Å². The average Bonchev–Trinajstić information content (AvgIpc) is 2.95. The maximum Gasteiger partial charge on any atom is 0.137 e. The molecule has 1 atom stereocenters. The molecule has 2 heterocycles. The zero-order valence-corrected chi connectivity index (χ0v) is 11.9. The molecule has 1 unspecified atom stereocenters. The fourth-order valence-electron chi connectivity index (χ4n) is 2.24. The molecule has 4 nitrogen and oxygen atoms in total. The molecule has 3 aromatic rings. The number of aliphatic hydroxyl groups excluding tert-OH is 1. The molecule has 1 aromatic carbocycles. The third-order valence-corrected chi connectivity index (χ3v) is 3.45. The topological polar surface area (TPSA) is 46.8 Å². The van der Waals surface area contributed by atoms with E-state index in [4.69, 9.17) is 4.74 Å². The van der Waals surface area contributed by atoms with Crippen LogP contribution in [0.2, 0.25) is 0 Å². The van der Waals surface area contributed by atoms with Gasteiger partial charge in [-0.2, -0.15) is 0 Å². The quantitative estimate of drug-likeness (QED) is 0.780. The molecule has 3 rings (SSSR count). The van der Waals surface area contributed by atoms with Crippen molar-refractivity contribution in [1.82, 2.24) is 9.38 Å². The molecular formula is C17H18N2O2. The van der Waals surface area contributed by atoms with Crippen LogP contribution in [0.25, 0.3) is 5.65 Å². The van der Waals surface area contributed by atoms with Crippen LogP contribution in [0, 0.1) is 0 Å². The van der Waals surface area contributed by atoms with E-state index in [1.54, 1.807) is 0 Å². The number of aliphatic hydroxyl groups is 1. The van der Waals surface area contributed by atoms with E-state index < -0.39 is 6.10 Å². The summed E-state index contributed by atoms with van der Waals surface area (Å²) in [5, 5.41) is 9.76. The van der Waals surface area contributed by atoms with Gasteiger partial charge in [0.25, 0.3) is 0 Å². The third kappa shape index (κ3) is 3.06. The van der Waals surface area contributed by atoms with Gasteiger partial charge in [0, 0.05) is 12.4 Å². The maximum atomic E-state index is 9.76. The number of imidazole rings is 1. The number of nitrogens with zero attached hydrogens (tertiary/aromatic N) is 2. The highest BCUT2D eigenvalue weighted by molar-refractivity contribution is 5.39. The Kier molecular flexibility index (Phi) is 3.88. The fourth-order valence-corrected chi connectivity index (χ4v) is 2.24. The number of pyridine rings is 1. The zero-order valence-electron chi connectivity index (χ0n) is 11.9. The van der Waals surface area contributed by atoms with Crippen LogP contribution >= 0.6 is 0 Å². The summed E-state index contributed by atoms with van der Waals surface area (Å²) in [6, 6.07) is 13.4. The Balaban J connectivity index is 1.67. The van der Waals surface area contributed by atoms with E-state index >= 15 is 0 Å². The van der Waals surface area contributed by atoms with Gasteiger partial charge in [0.05, 0.1) is 11.8 Å². The lowest BCUT2D eigenvalue weighted by Gasteiger charge is -2.09. The third-order valence-electron chi connectivity index (χ3n) is 3.45. The normalized spacial score (nSPS) is 12.5. The predicted octanol–water partition coefficient (Wildman–Crippen LogP) is 3.36. The monoisotopic (exact) mass is 282 g/mol. The van der Waals surface area contributed by atoms with Crippen molar-refractivity contribution < 1.29 is 9.84 Å². The fraction of sp³-hybridized carbons (Fsp3) is 0.235. The first-order chi connectivity index (χ1) is 10.3. The first-order valence-corrected chi connectivity index (χ1v) is 7.09. The Bertz CT molecular complexity index is 686. The van der Waals surface area contributed by atoms with Crippen LogP contribution in [0.1, 0.15) is 30.7 Å². The minimum absolute atomic E-state index is 0.405. The standard InChI is InChI=1S/C17H18N2O2/c1-2-16(20)13-6-8-15(9-7-13)21-12-14-11-19-10-4-3-5-17(19)18-14/h3-11,16,20H,2,12H2,1H3. The summed E-state index contributed by atoms with van der Waals surface area (Å²) in [7, 11) is 0. The summed E-state index contributed by atoms with van der Waals surface area (Å²) in [6.07, 6.45) is 4.23. The number of benzene rings is 1. The van der Waals surface area contributed by atoms with Crippen molar-refractivity contribution in [3.8, 4) is 5.75 Å². The van der Waals surface area contributed by atoms with Crippen LogP contribution in [-0.2, 0) is 6.61 Å². The SMILES string of the molecule is CCC(O)c1ccc(OCc2cn3ccccc3n2)cc1. The lowest BCUT2D eigenvalue weighted by atomic mass is 10.1. The molecule has 0 saturated heterocycles. The number of rotatable bonds is 5. The number of hydrogen-bond acceptors (Lipinski definition) is 3. The van der Waals surface area contributed by atoms with Gasteiger partial charge in [-0.1, -0.05) is 25.1 Å². The second-order valence-corrected chi connectivity index (χ2v) is 4.98. The highest BCUT2D eigenvalue weighted by atomic mass is 16.5. The van der Waals surface area contributed by atoms with Gasteiger partial charge in [-0.3, -0.25) is 0 Å². The Morgan fingerprint density at radius 1 is 1.19 bits per heavy atom. The number of aromatic nitrogens is 2. The summed E-state index contributed by atoms with van der Waals surface area (Å²) in [5.41, 5.74) is 2.72. The van der Waals surface area contributed by atoms with Crippen LogP contribution in [0.15, 0.2) is 54.9 Å². The van der Waals surface area contributed by atoms with E-state index in [0.29, 0.717) is 13.0 Å². The van der Waals surface area contributed by atoms with Gasteiger partial charge in [0.2, 0.25) is 0 Å². The number of fused-ring (bicyclic) bond motifs is 1. The largest absolute Gasteiger partial charge is 0.487 e. The molecule has 0 bridgehead atoms. The van der Waals surface area contributed by atoms with Gasteiger partial charge < -0.3 is 14.2 Å². The van der Waals surface area contributed by atoms with E-state index in [1.807, 2.05) is 66.2 Å². The maximum absolute atomic E-state index is 9.76. The van der Waals surface area contributed by atoms with Crippen molar-refractivity contribution in [3.63, 3.8) is 0 Å². The van der Waals surface area contributed by atoms with Crippen LogP contribution < -0.4 is 4.74 Å². The minimum Gasteiger partial charge on any atom is -0.487 e. The molecule has 0 spiro atoms. The second-order valence-electron chi connectivity index (χ2n) is 4.98. The van der Waals surface area contributed by atoms with Gasteiger partial charge >= 0.3 is 0 Å². The van der Waals surface area contributed by atoms with Crippen molar-refractivity contribution in [1.29, 1.82) is 0 Å². The van der Waals surface area contributed by atoms with Crippen molar-refractivity contribution in [2.45, 2.75) is 26.1 Å². The van der Waals surface area contributed by atoms with Crippen LogP contribution in [0.4, 0.5) is 0 Å². The molecule has 4 heteroatoms. The van der Waals surface area contributed by atoms with Crippen LogP contribution in [0.3, 0.4) is 0 Å². The van der Waals surface area contributed by atoms with E-state index in [1.165, 1.54) is 0 Å². The second kappa shape index (κ2) is 5.97. The Morgan fingerprint density at radius 2 is 2.00 bits per heavy atom. The molecule has 0 radical (unpaired) electrons. The van der Waals surface area contributed by atoms with Crippen molar-refractivity contribution in [3.05, 3.63) is 66.1 Å². The van der Waals surface area contributed by atoms with E-state index in [-0.39, 0.29) is 0 Å². The molecule has 108 valence electrons. The molecular weight excluding hydrogens is 264 g/mol. The van der Waals surface area contributed by atoms with Crippen molar-refractivity contribution in [2.75, 3.05) is 0 Å². The van der Waals surface area contributed by atoms with Gasteiger partial charge in [-0.15, -0.1) is 0 Å². The minimum atomic E-state index is -0.405. The van der Waals surface area contributed by atoms with E-state index in [2.05, 4.69) is 4.98 Å². The van der Waals surface area contributed by atoms with E-state index in [0.717, 1.165) is 22.7 Å². The molecule has 0 amide bonds. The molecule has 1 N–H and O–H groups in total. The van der Waals surface area contributed by atoms with Gasteiger partial charge in [0.15, 0.2) is 0 Å². The van der Waals surface area contributed by atoms with E-state index in [9.17, 15) is 5.11 Å². The van der Waals surface area contributed by atoms with Crippen LogP contribution in [-0.4, -0.2) is 14.5 Å². The van der Waals surface area contributed by atoms with Gasteiger partial charge in [0.1, 0.15) is 18.0 Å². The van der Waals surface area contributed by atoms with Crippen molar-refractivity contribution in [2.24, 2.45) is 0 Å². The molecule has 0 saturated carbocycles. The number of hydrogen-bond donors (Lipinski definition) is 1. The Hall–Kier alpha value is -2.33. The lowest BCUT2D eigenvalue weighted by Crippen LogP contribution is -1.97. The summed E-state index contributed by atoms with van der Waals surface area (Å²) >= 11 is 0. The Morgan fingerprint density at radius 3 is 2.71 bits per heavy atom. The summed E-state index contributed by atoms with van der Waals surface area (Å²) in [5.74, 6) is 0.777. The predicted molar refractivity (Wildman–Crippen MR) is 81.2 cm³/mol. The smallest absolute Gasteiger partial charge is 0.137 e. The molecule has 2 aromatic heterocycles. The molecule has 0 aliphatic heterocycles. The van der Waals surface area contributed by atoms with Gasteiger partial charge in [-0.25, -0.2) is 4.98 Å². The molecule has 0 aliphatic carbocycles.